The van der Waals surface area contributed by atoms with E-state index in [1.807, 2.05) is 115 Å². The Morgan fingerprint density at radius 3 is 2.49 bits per heavy atom. The van der Waals surface area contributed by atoms with Crippen molar-refractivity contribution >= 4 is 52.4 Å². The Bertz CT molecular complexity index is 2070. The average Bonchev–Trinajstić information content (AvgIpc) is 3.38. The summed E-state index contributed by atoms with van der Waals surface area (Å²) >= 11 is 9.06. The molecule has 1 aliphatic heterocycles. The minimum absolute atomic E-state index is 0.193. The highest BCUT2D eigenvalue weighted by Crippen LogP contribution is 2.35. The van der Waals surface area contributed by atoms with Crippen molar-refractivity contribution in [3.63, 3.8) is 0 Å². The predicted molar refractivity (Wildman–Crippen MR) is 182 cm³/mol. The van der Waals surface area contributed by atoms with E-state index in [1.165, 1.54) is 11.3 Å². The molecule has 0 N–H and O–H groups in total. The van der Waals surface area contributed by atoms with Crippen molar-refractivity contribution in [2.45, 2.75) is 24.5 Å². The van der Waals surface area contributed by atoms with Crippen molar-refractivity contribution in [3.05, 3.63) is 156 Å². The molecule has 0 bridgehead atoms. The zero-order valence-corrected chi connectivity index (χ0v) is 27.0. The monoisotopic (exact) mass is 652 g/mol. The fourth-order valence-corrected chi connectivity index (χ4v) is 6.82. The largest absolute Gasteiger partial charge is 0.488 e. The second-order valence-corrected chi connectivity index (χ2v) is 12.5. The first kappa shape index (κ1) is 30.6. The smallest absolute Gasteiger partial charge is 0.338 e. The quantitative estimate of drug-likeness (QED) is 0.128. The van der Waals surface area contributed by atoms with Crippen LogP contribution in [0.15, 0.2) is 123 Å². The fourth-order valence-electron chi connectivity index (χ4n) is 5.20. The van der Waals surface area contributed by atoms with Gasteiger partial charge in [0.1, 0.15) is 12.4 Å². The molecule has 1 aliphatic rings. The van der Waals surface area contributed by atoms with Crippen LogP contribution in [0.4, 0.5) is 0 Å². The van der Waals surface area contributed by atoms with Gasteiger partial charge in [-0.3, -0.25) is 9.36 Å². The number of thiazole rings is 1. The first-order valence-electron chi connectivity index (χ1n) is 14.4. The number of carbonyl (C=O) groups is 1. The number of carbonyl (C=O) groups excluding carboxylic acids is 1. The van der Waals surface area contributed by atoms with Crippen LogP contribution in [-0.4, -0.2) is 23.4 Å². The maximum atomic E-state index is 14.3. The minimum Gasteiger partial charge on any atom is -0.488 e. The van der Waals surface area contributed by atoms with Gasteiger partial charge in [0.2, 0.25) is 0 Å². The molecular formula is C36H29ClN2O4S2. The van der Waals surface area contributed by atoms with Crippen LogP contribution >= 0.6 is 34.7 Å². The standard InChI is InChI=1S/C36H29ClN2O4S2/c1-3-42-35(41)31-32(24-11-5-4-6-12-24)38-36-39(33(31)25-16-18-28(44-2)19-17-25)34(40)30(45-36)21-26-13-7-8-15-29(26)43-22-23-10-9-14-27(37)20-23/h4-21,33H,3,22H2,1-2H3/b30-21-/t33-/m1/s1. The molecule has 0 amide bonds. The van der Waals surface area contributed by atoms with Gasteiger partial charge in [0.15, 0.2) is 4.80 Å². The van der Waals surface area contributed by atoms with Crippen molar-refractivity contribution in [2.24, 2.45) is 4.99 Å². The van der Waals surface area contributed by atoms with Crippen LogP contribution in [0.2, 0.25) is 5.02 Å². The number of fused-ring (bicyclic) bond motifs is 1. The summed E-state index contributed by atoms with van der Waals surface area (Å²) in [5, 5.41) is 0.639. The van der Waals surface area contributed by atoms with Gasteiger partial charge in [-0.25, -0.2) is 9.79 Å². The first-order chi connectivity index (χ1) is 22.0. The molecule has 0 spiro atoms. The van der Waals surface area contributed by atoms with E-state index in [0.717, 1.165) is 27.1 Å². The summed E-state index contributed by atoms with van der Waals surface area (Å²) in [5.41, 5.74) is 3.80. The number of halogens is 1. The maximum Gasteiger partial charge on any atom is 0.338 e. The molecule has 0 saturated carbocycles. The van der Waals surface area contributed by atoms with E-state index >= 15 is 0 Å². The minimum atomic E-state index is -0.733. The van der Waals surface area contributed by atoms with Gasteiger partial charge >= 0.3 is 5.97 Å². The van der Waals surface area contributed by atoms with E-state index in [0.29, 0.717) is 38.0 Å². The number of rotatable bonds is 9. The topological polar surface area (TPSA) is 69.9 Å². The van der Waals surface area contributed by atoms with Crippen molar-refractivity contribution in [2.75, 3.05) is 12.9 Å². The molecule has 4 aromatic carbocycles. The Morgan fingerprint density at radius 1 is 1.00 bits per heavy atom. The van der Waals surface area contributed by atoms with Crippen molar-refractivity contribution < 1.29 is 14.3 Å². The number of thioether (sulfide) groups is 1. The van der Waals surface area contributed by atoms with Crippen molar-refractivity contribution in [1.82, 2.24) is 4.57 Å². The van der Waals surface area contributed by atoms with Gasteiger partial charge in [-0.05, 0) is 60.7 Å². The molecule has 5 aromatic rings. The first-order valence-corrected chi connectivity index (χ1v) is 16.8. The lowest BCUT2D eigenvalue weighted by molar-refractivity contribution is -0.138. The Kier molecular flexibility index (Phi) is 9.35. The molecule has 0 radical (unpaired) electrons. The molecule has 45 heavy (non-hydrogen) atoms. The number of hydrogen-bond acceptors (Lipinski definition) is 7. The zero-order chi connectivity index (χ0) is 31.3. The molecule has 0 saturated heterocycles. The van der Waals surface area contributed by atoms with Crippen LogP contribution in [0.5, 0.6) is 5.75 Å². The second-order valence-electron chi connectivity index (χ2n) is 10.2. The summed E-state index contributed by atoms with van der Waals surface area (Å²) in [4.78, 5) is 34.4. The van der Waals surface area contributed by atoms with Gasteiger partial charge in [0.05, 0.1) is 28.5 Å². The summed E-state index contributed by atoms with van der Waals surface area (Å²) in [6.45, 7) is 2.28. The Labute approximate surface area is 274 Å². The van der Waals surface area contributed by atoms with Gasteiger partial charge < -0.3 is 9.47 Å². The number of esters is 1. The molecule has 0 aliphatic carbocycles. The molecule has 2 heterocycles. The number of hydrogen-bond donors (Lipinski definition) is 0. The average molecular weight is 653 g/mol. The van der Waals surface area contributed by atoms with Crippen LogP contribution in [0.3, 0.4) is 0 Å². The van der Waals surface area contributed by atoms with E-state index in [4.69, 9.17) is 26.1 Å². The molecule has 9 heteroatoms. The normalized spacial score (nSPS) is 14.6. The Balaban J connectivity index is 1.52. The zero-order valence-electron chi connectivity index (χ0n) is 24.6. The van der Waals surface area contributed by atoms with Gasteiger partial charge in [-0.2, -0.15) is 0 Å². The maximum absolute atomic E-state index is 14.3. The van der Waals surface area contributed by atoms with Gasteiger partial charge in [0.25, 0.3) is 5.56 Å². The van der Waals surface area contributed by atoms with Crippen LogP contribution < -0.4 is 19.6 Å². The summed E-state index contributed by atoms with van der Waals surface area (Å²) in [7, 11) is 0. The van der Waals surface area contributed by atoms with Crippen LogP contribution in [0, 0.1) is 0 Å². The van der Waals surface area contributed by atoms with E-state index in [-0.39, 0.29) is 12.2 Å². The molecule has 6 nitrogen and oxygen atoms in total. The molecular weight excluding hydrogens is 624 g/mol. The highest BCUT2D eigenvalue weighted by atomic mass is 35.5. The number of aromatic nitrogens is 1. The Morgan fingerprint density at radius 2 is 1.76 bits per heavy atom. The number of benzene rings is 4. The highest BCUT2D eigenvalue weighted by Gasteiger charge is 2.35. The van der Waals surface area contributed by atoms with Crippen LogP contribution in [0.25, 0.3) is 11.8 Å². The number of para-hydroxylation sites is 1. The summed E-state index contributed by atoms with van der Waals surface area (Å²) in [6.07, 6.45) is 3.83. The molecule has 226 valence electrons. The summed E-state index contributed by atoms with van der Waals surface area (Å²) < 4.78 is 13.8. The third kappa shape index (κ3) is 6.54. The molecule has 1 aromatic heterocycles. The third-order valence-corrected chi connectivity index (χ3v) is 9.26. The predicted octanol–water partition coefficient (Wildman–Crippen LogP) is 6.89. The van der Waals surface area contributed by atoms with Gasteiger partial charge in [0, 0.05) is 21.0 Å². The van der Waals surface area contributed by atoms with Gasteiger partial charge in [-0.1, -0.05) is 95.7 Å². The molecule has 6 rings (SSSR count). The van der Waals surface area contributed by atoms with E-state index in [2.05, 4.69) is 0 Å². The Hall–Kier alpha value is -4.37. The van der Waals surface area contributed by atoms with Gasteiger partial charge in [-0.15, -0.1) is 11.8 Å². The van der Waals surface area contributed by atoms with Crippen molar-refractivity contribution in [3.8, 4) is 5.75 Å². The van der Waals surface area contributed by atoms with E-state index in [9.17, 15) is 9.59 Å². The third-order valence-electron chi connectivity index (χ3n) is 7.29. The molecule has 0 fully saturated rings. The number of nitrogens with zero attached hydrogens (tertiary/aromatic N) is 2. The van der Waals surface area contributed by atoms with Crippen LogP contribution in [0.1, 0.15) is 35.2 Å². The van der Waals surface area contributed by atoms with E-state index in [1.54, 1.807) is 23.3 Å². The number of ether oxygens (including phenoxy) is 2. The lowest BCUT2D eigenvalue weighted by atomic mass is 9.93. The second kappa shape index (κ2) is 13.7. The van der Waals surface area contributed by atoms with Crippen molar-refractivity contribution in [1.29, 1.82) is 0 Å². The summed E-state index contributed by atoms with van der Waals surface area (Å²) in [6, 6.07) is 31.8. The lowest BCUT2D eigenvalue weighted by Crippen LogP contribution is -2.40. The summed E-state index contributed by atoms with van der Waals surface area (Å²) in [5.74, 6) is 0.123. The fraction of sp³-hybridized carbons (Fsp3) is 0.139. The lowest BCUT2D eigenvalue weighted by Gasteiger charge is -2.26. The molecule has 1 atom stereocenters. The highest BCUT2D eigenvalue weighted by molar-refractivity contribution is 7.98. The molecule has 0 unspecified atom stereocenters. The van der Waals surface area contributed by atoms with Crippen LogP contribution in [-0.2, 0) is 16.1 Å². The van der Waals surface area contributed by atoms with E-state index < -0.39 is 12.0 Å². The SMILES string of the molecule is CCOC(=O)C1=C(c2ccccc2)N=c2s/c(=C\c3ccccc3OCc3cccc(Cl)c3)c(=O)n2[C@@H]1c1ccc(SC)cc1.